The van der Waals surface area contributed by atoms with Gasteiger partial charge in [0.15, 0.2) is 0 Å². The SMILES string of the molecule is CC(C)n1nc(-c2ccccc2)cc1NC(=O)CC1(O)CCCC1. The monoisotopic (exact) mass is 327 g/mol. The molecule has 1 aromatic heterocycles. The molecule has 1 fully saturated rings. The van der Waals surface area contributed by atoms with E-state index in [0.717, 1.165) is 24.1 Å². The Bertz CT molecular complexity index is 701. The van der Waals surface area contributed by atoms with E-state index in [2.05, 4.69) is 10.4 Å². The molecule has 1 aromatic carbocycles. The van der Waals surface area contributed by atoms with Crippen molar-refractivity contribution in [2.75, 3.05) is 5.32 Å². The molecule has 0 spiro atoms. The number of anilines is 1. The maximum absolute atomic E-state index is 12.4. The number of aliphatic hydroxyl groups is 1. The highest BCUT2D eigenvalue weighted by molar-refractivity contribution is 5.91. The molecule has 5 heteroatoms. The number of aromatic nitrogens is 2. The number of carbonyl (C=O) groups excluding carboxylic acids is 1. The number of rotatable bonds is 5. The average Bonchev–Trinajstić information content (AvgIpc) is 3.15. The minimum absolute atomic E-state index is 0.132. The van der Waals surface area contributed by atoms with E-state index in [1.54, 1.807) is 0 Å². The van der Waals surface area contributed by atoms with Gasteiger partial charge in [-0.3, -0.25) is 4.79 Å². The van der Waals surface area contributed by atoms with Gasteiger partial charge in [-0.2, -0.15) is 5.10 Å². The Morgan fingerprint density at radius 2 is 1.96 bits per heavy atom. The molecule has 3 rings (SSSR count). The van der Waals surface area contributed by atoms with Crippen LogP contribution in [0.1, 0.15) is 52.0 Å². The minimum atomic E-state index is -0.838. The molecular weight excluding hydrogens is 302 g/mol. The second-order valence-electron chi connectivity index (χ2n) is 6.98. The first-order valence-corrected chi connectivity index (χ1v) is 8.64. The Labute approximate surface area is 142 Å². The summed E-state index contributed by atoms with van der Waals surface area (Å²) in [5, 5.41) is 18.0. The maximum atomic E-state index is 12.4. The summed E-state index contributed by atoms with van der Waals surface area (Å²) in [6, 6.07) is 11.9. The molecule has 0 unspecified atom stereocenters. The fourth-order valence-electron chi connectivity index (χ4n) is 3.33. The number of carbonyl (C=O) groups is 1. The smallest absolute Gasteiger partial charge is 0.228 e. The van der Waals surface area contributed by atoms with Crippen LogP contribution in [-0.4, -0.2) is 26.4 Å². The molecule has 128 valence electrons. The maximum Gasteiger partial charge on any atom is 0.228 e. The highest BCUT2D eigenvalue weighted by atomic mass is 16.3. The lowest BCUT2D eigenvalue weighted by atomic mass is 9.98. The predicted molar refractivity (Wildman–Crippen MR) is 94.7 cm³/mol. The number of nitrogens with one attached hydrogen (secondary N) is 1. The van der Waals surface area contributed by atoms with Gasteiger partial charge in [0.1, 0.15) is 5.82 Å². The number of amides is 1. The summed E-state index contributed by atoms with van der Waals surface area (Å²) in [5.74, 6) is 0.524. The van der Waals surface area contributed by atoms with Crippen molar-refractivity contribution in [2.24, 2.45) is 0 Å². The van der Waals surface area contributed by atoms with Gasteiger partial charge in [0.25, 0.3) is 0 Å². The van der Waals surface area contributed by atoms with Crippen molar-refractivity contribution in [1.29, 1.82) is 0 Å². The van der Waals surface area contributed by atoms with Crippen LogP contribution in [0.15, 0.2) is 36.4 Å². The summed E-state index contributed by atoms with van der Waals surface area (Å²) in [5.41, 5.74) is 1.01. The third kappa shape index (κ3) is 3.67. The highest BCUT2D eigenvalue weighted by Gasteiger charge is 2.33. The first-order valence-electron chi connectivity index (χ1n) is 8.64. The summed E-state index contributed by atoms with van der Waals surface area (Å²) < 4.78 is 1.82. The molecule has 1 heterocycles. The van der Waals surface area contributed by atoms with Gasteiger partial charge >= 0.3 is 0 Å². The van der Waals surface area contributed by atoms with Gasteiger partial charge in [-0.1, -0.05) is 43.2 Å². The normalized spacial score (nSPS) is 16.5. The predicted octanol–water partition coefficient (Wildman–Crippen LogP) is 3.76. The average molecular weight is 327 g/mol. The lowest BCUT2D eigenvalue weighted by Crippen LogP contribution is -2.31. The second-order valence-corrected chi connectivity index (χ2v) is 6.98. The molecule has 0 radical (unpaired) electrons. The van der Waals surface area contributed by atoms with Crippen LogP contribution < -0.4 is 5.32 Å². The van der Waals surface area contributed by atoms with Gasteiger partial charge in [-0.15, -0.1) is 0 Å². The summed E-state index contributed by atoms with van der Waals surface area (Å²) in [6.07, 6.45) is 3.55. The van der Waals surface area contributed by atoms with Gasteiger partial charge in [0, 0.05) is 17.7 Å². The van der Waals surface area contributed by atoms with E-state index in [1.165, 1.54) is 0 Å². The Kier molecular flexibility index (Phi) is 4.71. The molecule has 5 nitrogen and oxygen atoms in total. The van der Waals surface area contributed by atoms with E-state index in [0.29, 0.717) is 18.7 Å². The van der Waals surface area contributed by atoms with Crippen LogP contribution in [-0.2, 0) is 4.79 Å². The summed E-state index contributed by atoms with van der Waals surface area (Å²) in [6.45, 7) is 4.06. The number of hydrogen-bond donors (Lipinski definition) is 2. The van der Waals surface area contributed by atoms with Crippen LogP contribution in [0.25, 0.3) is 11.3 Å². The zero-order valence-electron chi connectivity index (χ0n) is 14.3. The Morgan fingerprint density at radius 3 is 2.58 bits per heavy atom. The van der Waals surface area contributed by atoms with Crippen molar-refractivity contribution < 1.29 is 9.90 Å². The molecule has 0 bridgehead atoms. The number of hydrogen-bond acceptors (Lipinski definition) is 3. The molecule has 2 N–H and O–H groups in total. The molecule has 0 aliphatic heterocycles. The molecule has 1 aliphatic rings. The molecular formula is C19H25N3O2. The van der Waals surface area contributed by atoms with E-state index in [1.807, 2.05) is 54.9 Å². The number of nitrogens with zero attached hydrogens (tertiary/aromatic N) is 2. The third-order valence-electron chi connectivity index (χ3n) is 4.59. The van der Waals surface area contributed by atoms with E-state index in [-0.39, 0.29) is 18.4 Å². The van der Waals surface area contributed by atoms with Crippen molar-refractivity contribution in [2.45, 2.75) is 57.6 Å². The first-order chi connectivity index (χ1) is 11.5. The van der Waals surface area contributed by atoms with E-state index in [9.17, 15) is 9.90 Å². The topological polar surface area (TPSA) is 67.2 Å². The van der Waals surface area contributed by atoms with Crippen molar-refractivity contribution >= 4 is 11.7 Å². The highest BCUT2D eigenvalue weighted by Crippen LogP contribution is 2.33. The van der Waals surface area contributed by atoms with E-state index < -0.39 is 5.60 Å². The Hall–Kier alpha value is -2.14. The van der Waals surface area contributed by atoms with Crippen molar-refractivity contribution in [3.63, 3.8) is 0 Å². The van der Waals surface area contributed by atoms with Gasteiger partial charge in [-0.05, 0) is 26.7 Å². The minimum Gasteiger partial charge on any atom is -0.389 e. The van der Waals surface area contributed by atoms with Crippen LogP contribution in [0.4, 0.5) is 5.82 Å². The number of benzene rings is 1. The van der Waals surface area contributed by atoms with Crippen LogP contribution in [0.3, 0.4) is 0 Å². The largest absolute Gasteiger partial charge is 0.389 e. The summed E-state index contributed by atoms with van der Waals surface area (Å²) in [4.78, 5) is 12.4. The first kappa shape index (κ1) is 16.7. The second kappa shape index (κ2) is 6.77. The zero-order valence-corrected chi connectivity index (χ0v) is 14.3. The van der Waals surface area contributed by atoms with Crippen LogP contribution >= 0.6 is 0 Å². The Morgan fingerprint density at radius 1 is 1.29 bits per heavy atom. The van der Waals surface area contributed by atoms with Crippen molar-refractivity contribution in [1.82, 2.24) is 9.78 Å². The standard InChI is InChI=1S/C19H25N3O2/c1-14(2)22-17(12-16(21-22)15-8-4-3-5-9-15)20-18(23)13-19(24)10-6-7-11-19/h3-5,8-9,12,14,24H,6-7,10-11,13H2,1-2H3,(H,20,23). The molecule has 24 heavy (non-hydrogen) atoms. The van der Waals surface area contributed by atoms with Gasteiger partial charge in [0.2, 0.25) is 5.91 Å². The molecule has 1 aliphatic carbocycles. The van der Waals surface area contributed by atoms with Gasteiger partial charge in [-0.25, -0.2) is 4.68 Å². The lowest BCUT2D eigenvalue weighted by Gasteiger charge is -2.21. The molecule has 1 saturated carbocycles. The van der Waals surface area contributed by atoms with E-state index in [4.69, 9.17) is 0 Å². The summed E-state index contributed by atoms with van der Waals surface area (Å²) >= 11 is 0. The fourth-order valence-corrected chi connectivity index (χ4v) is 3.33. The summed E-state index contributed by atoms with van der Waals surface area (Å²) in [7, 11) is 0. The molecule has 0 atom stereocenters. The quantitative estimate of drug-likeness (QED) is 0.878. The third-order valence-corrected chi connectivity index (χ3v) is 4.59. The molecule has 1 amide bonds. The molecule has 0 saturated heterocycles. The Balaban J connectivity index is 1.79. The van der Waals surface area contributed by atoms with Gasteiger partial charge in [0.05, 0.1) is 17.7 Å². The van der Waals surface area contributed by atoms with Crippen LogP contribution in [0.5, 0.6) is 0 Å². The van der Waals surface area contributed by atoms with Gasteiger partial charge < -0.3 is 10.4 Å². The fraction of sp³-hybridized carbons (Fsp3) is 0.474. The van der Waals surface area contributed by atoms with Crippen molar-refractivity contribution in [3.05, 3.63) is 36.4 Å². The zero-order chi connectivity index (χ0) is 17.2. The molecule has 2 aromatic rings. The van der Waals surface area contributed by atoms with Crippen LogP contribution in [0, 0.1) is 0 Å². The van der Waals surface area contributed by atoms with Crippen molar-refractivity contribution in [3.8, 4) is 11.3 Å². The van der Waals surface area contributed by atoms with Crippen LogP contribution in [0.2, 0.25) is 0 Å². The van der Waals surface area contributed by atoms with E-state index >= 15 is 0 Å². The lowest BCUT2D eigenvalue weighted by molar-refractivity contribution is -0.120.